The zero-order chi connectivity index (χ0) is 25.6. The van der Waals surface area contributed by atoms with Crippen molar-refractivity contribution in [3.05, 3.63) is 126 Å². The van der Waals surface area contributed by atoms with E-state index in [9.17, 15) is 0 Å². The van der Waals surface area contributed by atoms with Crippen LogP contribution in [-0.4, -0.2) is 18.5 Å². The minimum Gasteiger partial charge on any atom is -0.455 e. The zero-order valence-electron chi connectivity index (χ0n) is 21.4. The number of furan rings is 1. The first-order valence-electron chi connectivity index (χ1n) is 12.5. The monoisotopic (exact) mass is 486 g/mol. The molecule has 0 bridgehead atoms. The van der Waals surface area contributed by atoms with E-state index in [2.05, 4.69) is 44.2 Å². The maximum atomic E-state index is 6.14. The molecule has 0 N–H and O–H groups in total. The Kier molecular flexibility index (Phi) is 7.13. The van der Waals surface area contributed by atoms with Crippen molar-refractivity contribution in [3.8, 4) is 0 Å². The Morgan fingerprint density at radius 1 is 0.784 bits per heavy atom. The van der Waals surface area contributed by atoms with E-state index < -0.39 is 0 Å². The molecule has 0 radical (unpaired) electrons. The highest BCUT2D eigenvalue weighted by molar-refractivity contribution is 6.01. The molecule has 0 amide bonds. The lowest BCUT2D eigenvalue weighted by Crippen LogP contribution is -2.17. The summed E-state index contributed by atoms with van der Waals surface area (Å²) in [6.45, 7) is 6.92. The Morgan fingerprint density at radius 2 is 1.43 bits per heavy atom. The molecule has 184 valence electrons. The van der Waals surface area contributed by atoms with E-state index in [1.54, 1.807) is 0 Å². The Bertz CT molecular complexity index is 1480. The molecule has 5 aromatic rings. The molecule has 0 spiro atoms. The van der Waals surface area contributed by atoms with Crippen LogP contribution in [-0.2, 0) is 0 Å². The summed E-state index contributed by atoms with van der Waals surface area (Å²) in [6, 6.07) is 36.8. The van der Waals surface area contributed by atoms with Gasteiger partial charge in [0.1, 0.15) is 11.3 Å². The number of nitrogens with zero attached hydrogens (tertiary/aromatic N) is 4. The molecule has 4 aromatic carbocycles. The quantitative estimate of drug-likeness (QED) is 0.164. The van der Waals surface area contributed by atoms with Crippen molar-refractivity contribution < 1.29 is 4.42 Å². The molecule has 0 aliphatic carbocycles. The first kappa shape index (κ1) is 24.1. The fraction of sp³-hybridized carbons (Fsp3) is 0.125. The van der Waals surface area contributed by atoms with Gasteiger partial charge in [-0.3, -0.25) is 5.01 Å². The highest BCUT2D eigenvalue weighted by Crippen LogP contribution is 2.26. The average molecular weight is 487 g/mol. The topological polar surface area (TPSA) is 44.3 Å². The van der Waals surface area contributed by atoms with Crippen molar-refractivity contribution >= 4 is 40.0 Å². The van der Waals surface area contributed by atoms with Crippen LogP contribution in [0.1, 0.15) is 30.7 Å². The Balaban J connectivity index is 1.41. The third-order valence-electron chi connectivity index (χ3n) is 6.12. The fourth-order valence-corrected chi connectivity index (χ4v) is 4.12. The van der Waals surface area contributed by atoms with Crippen LogP contribution in [0.5, 0.6) is 0 Å². The van der Waals surface area contributed by atoms with Crippen LogP contribution in [0.15, 0.2) is 124 Å². The van der Waals surface area contributed by atoms with E-state index in [-0.39, 0.29) is 0 Å². The van der Waals surface area contributed by atoms with Gasteiger partial charge in [0.2, 0.25) is 0 Å². The maximum Gasteiger partial charge on any atom is 0.151 e. The summed E-state index contributed by atoms with van der Waals surface area (Å²) in [7, 11) is 0. The minimum absolute atomic E-state index is 0.754. The number of hydrogen-bond acceptors (Lipinski definition) is 5. The third kappa shape index (κ3) is 5.62. The van der Waals surface area contributed by atoms with E-state index in [1.165, 1.54) is 5.56 Å². The van der Waals surface area contributed by atoms with Gasteiger partial charge in [0.05, 0.1) is 23.3 Å². The largest absolute Gasteiger partial charge is 0.455 e. The molecule has 5 rings (SSSR count). The van der Waals surface area contributed by atoms with E-state index in [0.29, 0.717) is 0 Å². The molecule has 5 heteroatoms. The smallest absolute Gasteiger partial charge is 0.151 e. The van der Waals surface area contributed by atoms with Gasteiger partial charge in [0, 0.05) is 11.9 Å². The second kappa shape index (κ2) is 11.0. The molecule has 1 aromatic heterocycles. The first-order valence-corrected chi connectivity index (χ1v) is 12.5. The van der Waals surface area contributed by atoms with Crippen LogP contribution >= 0.6 is 0 Å². The van der Waals surface area contributed by atoms with Crippen LogP contribution in [0.4, 0.5) is 17.1 Å². The SMILES string of the molecule is CCN(/N=C(\C)c1cc2cc(/C=N/N(c3ccccc3)c3ccccc3)ccc2o1)c1ccc(C)cc1. The average Bonchev–Trinajstić information content (AvgIpc) is 3.37. The third-order valence-corrected chi connectivity index (χ3v) is 6.12. The summed E-state index contributed by atoms with van der Waals surface area (Å²) in [5, 5.41) is 14.6. The van der Waals surface area contributed by atoms with Crippen LogP contribution < -0.4 is 10.0 Å². The van der Waals surface area contributed by atoms with Gasteiger partial charge in [-0.15, -0.1) is 0 Å². The van der Waals surface area contributed by atoms with Crippen molar-refractivity contribution in [3.63, 3.8) is 0 Å². The van der Waals surface area contributed by atoms with Gasteiger partial charge < -0.3 is 4.42 Å². The fourth-order valence-electron chi connectivity index (χ4n) is 4.12. The molecular weight excluding hydrogens is 456 g/mol. The van der Waals surface area contributed by atoms with Crippen LogP contribution in [0.3, 0.4) is 0 Å². The van der Waals surface area contributed by atoms with Gasteiger partial charge in [-0.05, 0) is 87.0 Å². The molecule has 37 heavy (non-hydrogen) atoms. The van der Waals surface area contributed by atoms with Crippen molar-refractivity contribution in [2.45, 2.75) is 20.8 Å². The van der Waals surface area contributed by atoms with Crippen LogP contribution in [0.25, 0.3) is 11.0 Å². The Hall–Kier alpha value is -4.64. The molecule has 0 aliphatic heterocycles. The minimum atomic E-state index is 0.754. The van der Waals surface area contributed by atoms with Crippen molar-refractivity contribution in [2.75, 3.05) is 16.6 Å². The number of rotatable bonds is 8. The molecule has 1 heterocycles. The number of para-hydroxylation sites is 2. The Morgan fingerprint density at radius 3 is 2.05 bits per heavy atom. The van der Waals surface area contributed by atoms with Gasteiger partial charge >= 0.3 is 0 Å². The molecule has 0 aliphatic rings. The summed E-state index contributed by atoms with van der Waals surface area (Å²) < 4.78 is 6.14. The Labute approximate surface area is 218 Å². The van der Waals surface area contributed by atoms with E-state index in [1.807, 2.05) is 102 Å². The number of fused-ring (bicyclic) bond motifs is 1. The summed E-state index contributed by atoms with van der Waals surface area (Å²) >= 11 is 0. The molecule has 0 unspecified atom stereocenters. The number of hydrazone groups is 2. The van der Waals surface area contributed by atoms with Crippen LogP contribution in [0.2, 0.25) is 0 Å². The van der Waals surface area contributed by atoms with Gasteiger partial charge in [0.25, 0.3) is 0 Å². The predicted molar refractivity (Wildman–Crippen MR) is 155 cm³/mol. The van der Waals surface area contributed by atoms with Gasteiger partial charge in [0.15, 0.2) is 5.76 Å². The lowest BCUT2D eigenvalue weighted by molar-refractivity contribution is 0.603. The van der Waals surface area contributed by atoms with Crippen molar-refractivity contribution in [2.24, 2.45) is 10.2 Å². The van der Waals surface area contributed by atoms with Gasteiger partial charge in [-0.1, -0.05) is 54.1 Å². The summed E-state index contributed by atoms with van der Waals surface area (Å²) in [5.41, 5.74) is 6.92. The summed E-state index contributed by atoms with van der Waals surface area (Å²) in [5.74, 6) is 0.754. The second-order valence-corrected chi connectivity index (χ2v) is 8.87. The number of anilines is 3. The van der Waals surface area contributed by atoms with Gasteiger partial charge in [-0.2, -0.15) is 10.2 Å². The highest BCUT2D eigenvalue weighted by atomic mass is 16.3. The predicted octanol–water partition coefficient (Wildman–Crippen LogP) is 8.16. The molecule has 5 nitrogen and oxygen atoms in total. The van der Waals surface area contributed by atoms with E-state index in [4.69, 9.17) is 14.6 Å². The van der Waals surface area contributed by atoms with E-state index in [0.717, 1.165) is 51.6 Å². The van der Waals surface area contributed by atoms with E-state index >= 15 is 0 Å². The highest BCUT2D eigenvalue weighted by Gasteiger charge is 2.11. The lowest BCUT2D eigenvalue weighted by atomic mass is 10.1. The number of benzene rings is 4. The van der Waals surface area contributed by atoms with Crippen molar-refractivity contribution in [1.29, 1.82) is 0 Å². The molecule has 0 saturated carbocycles. The summed E-state index contributed by atoms with van der Waals surface area (Å²) in [6.07, 6.45) is 1.88. The molecule has 0 atom stereocenters. The van der Waals surface area contributed by atoms with Crippen molar-refractivity contribution in [1.82, 2.24) is 0 Å². The molecular formula is C32H30N4O. The zero-order valence-corrected chi connectivity index (χ0v) is 21.4. The second-order valence-electron chi connectivity index (χ2n) is 8.87. The standard InChI is InChI=1S/C32H30N4O/c1-4-35(28-18-15-24(2)16-19-28)34-25(3)32-22-27-21-26(17-20-31(27)37-32)23-33-36(29-11-7-5-8-12-29)30-13-9-6-10-14-30/h5-23H,4H2,1-3H3/b33-23+,34-25+. The normalized spacial score (nSPS) is 11.8. The number of hydrogen-bond donors (Lipinski definition) is 0. The van der Waals surface area contributed by atoms with Crippen LogP contribution in [0, 0.1) is 6.92 Å². The summed E-state index contributed by atoms with van der Waals surface area (Å²) in [4.78, 5) is 0. The lowest BCUT2D eigenvalue weighted by Gasteiger charge is -2.19. The number of aryl methyl sites for hydroxylation is 1. The molecule has 0 fully saturated rings. The first-order chi connectivity index (χ1) is 18.1. The van der Waals surface area contributed by atoms with Gasteiger partial charge in [-0.25, -0.2) is 5.01 Å². The maximum absolute atomic E-state index is 6.14. The molecule has 0 saturated heterocycles.